The number of halogens is 1. The summed E-state index contributed by atoms with van der Waals surface area (Å²) in [5.74, 6) is 0.453. The molecular formula is C16H17ClN2O2. The molecule has 0 spiro atoms. The second-order valence-corrected chi connectivity index (χ2v) is 4.97. The molecule has 0 atom stereocenters. The summed E-state index contributed by atoms with van der Waals surface area (Å²) in [6.07, 6.45) is 0.849. The molecule has 0 unspecified atom stereocenters. The van der Waals surface area contributed by atoms with Crippen molar-refractivity contribution in [1.29, 1.82) is 0 Å². The molecule has 0 bridgehead atoms. The molecule has 3 N–H and O–H groups in total. The number of benzene rings is 2. The first-order chi connectivity index (χ1) is 10.1. The summed E-state index contributed by atoms with van der Waals surface area (Å²) in [5.41, 5.74) is 7.79. The minimum atomic E-state index is -0.269. The summed E-state index contributed by atoms with van der Waals surface area (Å²) in [5, 5.41) is 3.22. The fourth-order valence-electron chi connectivity index (χ4n) is 1.91. The number of hydrogen-bond donors (Lipinski definition) is 2. The summed E-state index contributed by atoms with van der Waals surface area (Å²) in [4.78, 5) is 11.9. The van der Waals surface area contributed by atoms with E-state index in [0.29, 0.717) is 16.4 Å². The Hall–Kier alpha value is -2.20. The van der Waals surface area contributed by atoms with E-state index in [2.05, 4.69) is 5.32 Å². The number of amides is 1. The van der Waals surface area contributed by atoms with E-state index in [4.69, 9.17) is 22.1 Å². The molecule has 4 nitrogen and oxygen atoms in total. The Bertz CT molecular complexity index is 644. The van der Waals surface area contributed by atoms with Gasteiger partial charge in [-0.15, -0.1) is 0 Å². The van der Waals surface area contributed by atoms with Gasteiger partial charge in [-0.25, -0.2) is 0 Å². The number of carbonyl (C=O) groups excluding carboxylic acids is 1. The van der Waals surface area contributed by atoms with Gasteiger partial charge in [-0.1, -0.05) is 36.7 Å². The maximum absolute atomic E-state index is 11.9. The van der Waals surface area contributed by atoms with Crippen LogP contribution in [0.2, 0.25) is 5.02 Å². The van der Waals surface area contributed by atoms with Crippen LogP contribution in [-0.4, -0.2) is 12.5 Å². The zero-order chi connectivity index (χ0) is 15.2. The van der Waals surface area contributed by atoms with Gasteiger partial charge in [0.05, 0.1) is 11.4 Å². The fraction of sp³-hybridized carbons (Fsp3) is 0.188. The predicted molar refractivity (Wildman–Crippen MR) is 85.8 cm³/mol. The molecule has 1 amide bonds. The van der Waals surface area contributed by atoms with E-state index in [9.17, 15) is 4.79 Å². The van der Waals surface area contributed by atoms with E-state index in [0.717, 1.165) is 17.7 Å². The van der Waals surface area contributed by atoms with E-state index in [1.807, 2.05) is 31.2 Å². The van der Waals surface area contributed by atoms with Crippen molar-refractivity contribution in [2.75, 3.05) is 17.7 Å². The van der Waals surface area contributed by atoms with Crippen molar-refractivity contribution in [2.24, 2.45) is 0 Å². The first-order valence-electron chi connectivity index (χ1n) is 6.65. The first-order valence-corrected chi connectivity index (χ1v) is 7.03. The molecule has 0 aliphatic carbocycles. The van der Waals surface area contributed by atoms with Gasteiger partial charge in [0.2, 0.25) is 0 Å². The van der Waals surface area contributed by atoms with Gasteiger partial charge in [0.25, 0.3) is 5.91 Å². The van der Waals surface area contributed by atoms with Crippen LogP contribution in [0, 0.1) is 0 Å². The van der Waals surface area contributed by atoms with Crippen LogP contribution < -0.4 is 15.8 Å². The monoisotopic (exact) mass is 304 g/mol. The number of carbonyl (C=O) groups is 1. The van der Waals surface area contributed by atoms with Gasteiger partial charge in [-0.3, -0.25) is 4.79 Å². The molecule has 0 radical (unpaired) electrons. The summed E-state index contributed by atoms with van der Waals surface area (Å²) in [6.45, 7) is 1.97. The van der Waals surface area contributed by atoms with Gasteiger partial charge in [-0.05, 0) is 36.2 Å². The van der Waals surface area contributed by atoms with E-state index in [1.165, 1.54) is 0 Å². The van der Waals surface area contributed by atoms with Crippen LogP contribution in [0.15, 0.2) is 42.5 Å². The van der Waals surface area contributed by atoms with E-state index in [-0.39, 0.29) is 12.5 Å². The lowest BCUT2D eigenvalue weighted by Crippen LogP contribution is -2.21. The quantitative estimate of drug-likeness (QED) is 0.831. The molecule has 0 saturated heterocycles. The molecule has 0 heterocycles. The zero-order valence-corrected chi connectivity index (χ0v) is 12.5. The average molecular weight is 305 g/mol. The number of hydrogen-bond acceptors (Lipinski definition) is 3. The summed E-state index contributed by atoms with van der Waals surface area (Å²) < 4.78 is 5.55. The maximum atomic E-state index is 11.9. The van der Waals surface area contributed by atoms with Crippen molar-refractivity contribution in [3.05, 3.63) is 53.1 Å². The van der Waals surface area contributed by atoms with Crippen molar-refractivity contribution in [2.45, 2.75) is 13.3 Å². The first kappa shape index (κ1) is 15.2. The molecule has 2 rings (SSSR count). The van der Waals surface area contributed by atoms with Crippen molar-refractivity contribution in [1.82, 2.24) is 0 Å². The number of aryl methyl sites for hydroxylation is 1. The van der Waals surface area contributed by atoms with Crippen LogP contribution in [0.25, 0.3) is 0 Å². The third kappa shape index (κ3) is 4.13. The second kappa shape index (κ2) is 6.99. The summed E-state index contributed by atoms with van der Waals surface area (Å²) in [7, 11) is 0. The molecular weight excluding hydrogens is 288 g/mol. The van der Waals surface area contributed by atoms with Crippen LogP contribution in [0.3, 0.4) is 0 Å². The minimum Gasteiger partial charge on any atom is -0.483 e. The van der Waals surface area contributed by atoms with Gasteiger partial charge in [0.1, 0.15) is 5.75 Å². The van der Waals surface area contributed by atoms with Gasteiger partial charge >= 0.3 is 0 Å². The third-order valence-corrected chi connectivity index (χ3v) is 3.24. The minimum absolute atomic E-state index is 0.0704. The van der Waals surface area contributed by atoms with Crippen LogP contribution in [-0.2, 0) is 11.2 Å². The molecule has 2 aromatic carbocycles. The molecule has 5 heteroatoms. The largest absolute Gasteiger partial charge is 0.483 e. The van der Waals surface area contributed by atoms with Crippen LogP contribution >= 0.6 is 11.6 Å². The van der Waals surface area contributed by atoms with Gasteiger partial charge in [0.15, 0.2) is 6.61 Å². The number of rotatable bonds is 5. The lowest BCUT2D eigenvalue weighted by Gasteiger charge is -2.11. The summed E-state index contributed by atoms with van der Waals surface area (Å²) >= 11 is 5.81. The Kier molecular flexibility index (Phi) is 5.06. The molecule has 21 heavy (non-hydrogen) atoms. The maximum Gasteiger partial charge on any atom is 0.262 e. The topological polar surface area (TPSA) is 64.3 Å². The lowest BCUT2D eigenvalue weighted by molar-refractivity contribution is -0.118. The van der Waals surface area contributed by atoms with Crippen molar-refractivity contribution >= 4 is 28.9 Å². The number of para-hydroxylation sites is 1. The Morgan fingerprint density at radius 1 is 1.29 bits per heavy atom. The Labute approximate surface area is 128 Å². The van der Waals surface area contributed by atoms with Crippen LogP contribution in [0.4, 0.5) is 11.4 Å². The predicted octanol–water partition coefficient (Wildman–Crippen LogP) is 3.50. The number of nitrogens with two attached hydrogens (primary N) is 1. The van der Waals surface area contributed by atoms with Gasteiger partial charge in [0, 0.05) is 5.02 Å². The molecule has 0 aliphatic heterocycles. The standard InChI is InChI=1S/C16H17ClN2O2/c1-2-11-5-3-4-6-15(11)21-10-16(20)19-14-8-7-12(17)9-13(14)18/h3-9H,2,10,18H2,1H3,(H,19,20). The van der Waals surface area contributed by atoms with Crippen molar-refractivity contribution < 1.29 is 9.53 Å². The van der Waals surface area contributed by atoms with Crippen molar-refractivity contribution in [3.8, 4) is 5.75 Å². The molecule has 0 aliphatic rings. The Balaban J connectivity index is 1.96. The lowest BCUT2D eigenvalue weighted by atomic mass is 10.1. The summed E-state index contributed by atoms with van der Waals surface area (Å²) in [6, 6.07) is 12.6. The SMILES string of the molecule is CCc1ccccc1OCC(=O)Nc1ccc(Cl)cc1N. The highest BCUT2D eigenvalue weighted by Crippen LogP contribution is 2.23. The zero-order valence-electron chi connectivity index (χ0n) is 11.7. The Morgan fingerprint density at radius 3 is 2.76 bits per heavy atom. The second-order valence-electron chi connectivity index (χ2n) is 4.53. The highest BCUT2D eigenvalue weighted by molar-refractivity contribution is 6.31. The highest BCUT2D eigenvalue weighted by Gasteiger charge is 2.08. The number of nitrogen functional groups attached to an aromatic ring is 1. The number of anilines is 2. The van der Waals surface area contributed by atoms with Crippen LogP contribution in [0.1, 0.15) is 12.5 Å². The fourth-order valence-corrected chi connectivity index (χ4v) is 2.09. The van der Waals surface area contributed by atoms with Crippen LogP contribution in [0.5, 0.6) is 5.75 Å². The Morgan fingerprint density at radius 2 is 2.05 bits per heavy atom. The van der Waals surface area contributed by atoms with E-state index in [1.54, 1.807) is 18.2 Å². The molecule has 0 saturated carbocycles. The van der Waals surface area contributed by atoms with E-state index >= 15 is 0 Å². The average Bonchev–Trinajstić information content (AvgIpc) is 2.48. The number of nitrogens with one attached hydrogen (secondary N) is 1. The third-order valence-electron chi connectivity index (χ3n) is 3.00. The highest BCUT2D eigenvalue weighted by atomic mass is 35.5. The van der Waals surface area contributed by atoms with E-state index < -0.39 is 0 Å². The number of ether oxygens (including phenoxy) is 1. The molecule has 2 aromatic rings. The molecule has 110 valence electrons. The normalized spacial score (nSPS) is 10.2. The molecule has 0 fully saturated rings. The van der Waals surface area contributed by atoms with Crippen molar-refractivity contribution in [3.63, 3.8) is 0 Å². The van der Waals surface area contributed by atoms with Gasteiger partial charge in [-0.2, -0.15) is 0 Å². The molecule has 0 aromatic heterocycles. The smallest absolute Gasteiger partial charge is 0.262 e. The van der Waals surface area contributed by atoms with Gasteiger partial charge < -0.3 is 15.8 Å².